The van der Waals surface area contributed by atoms with Crippen molar-refractivity contribution in [3.8, 4) is 17.0 Å². The number of methoxy groups -OCH3 is 1. The lowest BCUT2D eigenvalue weighted by Crippen LogP contribution is -1.97. The van der Waals surface area contributed by atoms with Gasteiger partial charge in [0, 0.05) is 21.9 Å². The Kier molecular flexibility index (Phi) is 4.96. The van der Waals surface area contributed by atoms with Gasteiger partial charge in [-0.05, 0) is 36.4 Å². The summed E-state index contributed by atoms with van der Waals surface area (Å²) in [6, 6.07) is 16.0. The van der Waals surface area contributed by atoms with Crippen molar-refractivity contribution < 1.29 is 9.13 Å². The lowest BCUT2D eigenvalue weighted by molar-refractivity contribution is 0.415. The summed E-state index contributed by atoms with van der Waals surface area (Å²) in [6.07, 6.45) is 0. The summed E-state index contributed by atoms with van der Waals surface area (Å²) in [6.45, 7) is 0. The van der Waals surface area contributed by atoms with Crippen LogP contribution in [0.4, 0.5) is 4.39 Å². The van der Waals surface area contributed by atoms with E-state index in [1.54, 1.807) is 23.8 Å². The predicted molar refractivity (Wildman–Crippen MR) is 104 cm³/mol. The average Bonchev–Trinajstić information content (AvgIpc) is 3.10. The van der Waals surface area contributed by atoms with Crippen molar-refractivity contribution in [3.05, 3.63) is 71.0 Å². The second-order valence-corrected chi connectivity index (χ2v) is 7.04. The van der Waals surface area contributed by atoms with Crippen LogP contribution in [0.15, 0.2) is 59.8 Å². The van der Waals surface area contributed by atoms with E-state index in [9.17, 15) is 4.39 Å². The normalized spacial score (nSPS) is 11.1. The molecule has 136 valence electrons. The van der Waals surface area contributed by atoms with Crippen LogP contribution in [-0.4, -0.2) is 26.9 Å². The minimum atomic E-state index is -0.339. The highest BCUT2D eigenvalue weighted by Crippen LogP contribution is 2.28. The van der Waals surface area contributed by atoms with Gasteiger partial charge in [0.2, 0.25) is 5.16 Å². The zero-order valence-corrected chi connectivity index (χ0v) is 15.8. The number of ether oxygens (including phenoxy) is 1. The van der Waals surface area contributed by atoms with Crippen LogP contribution in [0.25, 0.3) is 16.9 Å². The van der Waals surface area contributed by atoms with Crippen molar-refractivity contribution in [1.82, 2.24) is 19.8 Å². The van der Waals surface area contributed by atoms with E-state index >= 15 is 0 Å². The van der Waals surface area contributed by atoms with Gasteiger partial charge in [0.05, 0.1) is 12.8 Å². The van der Waals surface area contributed by atoms with E-state index in [0.717, 1.165) is 17.0 Å². The van der Waals surface area contributed by atoms with Gasteiger partial charge in [0.1, 0.15) is 11.6 Å². The number of hydrogen-bond acceptors (Lipinski definition) is 5. The second kappa shape index (κ2) is 7.54. The number of benzene rings is 2. The first-order valence-corrected chi connectivity index (χ1v) is 9.44. The van der Waals surface area contributed by atoms with E-state index in [1.165, 1.54) is 17.8 Å². The van der Waals surface area contributed by atoms with Crippen LogP contribution in [0.1, 0.15) is 5.56 Å². The first kappa shape index (κ1) is 17.8. The van der Waals surface area contributed by atoms with Crippen LogP contribution in [-0.2, 0) is 5.75 Å². The van der Waals surface area contributed by atoms with Gasteiger partial charge in [-0.2, -0.15) is 9.61 Å². The third kappa shape index (κ3) is 3.61. The van der Waals surface area contributed by atoms with Crippen molar-refractivity contribution in [2.45, 2.75) is 10.9 Å². The molecule has 2 aromatic heterocycles. The zero-order chi connectivity index (χ0) is 18.8. The average molecular weight is 401 g/mol. The van der Waals surface area contributed by atoms with Crippen molar-refractivity contribution >= 4 is 29.0 Å². The molecule has 0 atom stereocenters. The van der Waals surface area contributed by atoms with Gasteiger partial charge in [0.15, 0.2) is 5.65 Å². The standard InChI is InChI=1S/C19H14ClFN4OS/c1-26-13-5-2-4-12(10-13)17-8-9-18-22-23-19(25(18)24-17)27-11-14-15(20)6-3-7-16(14)21/h2-10H,11H2,1H3. The molecular formula is C19H14ClFN4OS. The van der Waals surface area contributed by atoms with E-state index in [4.69, 9.17) is 16.3 Å². The maximum atomic E-state index is 14.0. The van der Waals surface area contributed by atoms with Gasteiger partial charge in [-0.3, -0.25) is 0 Å². The Morgan fingerprint density at radius 2 is 1.96 bits per heavy atom. The number of aromatic nitrogens is 4. The van der Waals surface area contributed by atoms with E-state index in [0.29, 0.717) is 27.1 Å². The molecule has 0 unspecified atom stereocenters. The lowest BCUT2D eigenvalue weighted by Gasteiger charge is -2.06. The molecule has 0 aliphatic heterocycles. The SMILES string of the molecule is COc1cccc(-c2ccc3nnc(SCc4c(F)cccc4Cl)n3n2)c1. The largest absolute Gasteiger partial charge is 0.497 e. The van der Waals surface area contributed by atoms with Crippen LogP contribution >= 0.6 is 23.4 Å². The van der Waals surface area contributed by atoms with E-state index in [2.05, 4.69) is 15.3 Å². The number of thioether (sulfide) groups is 1. The first-order chi connectivity index (χ1) is 13.2. The number of hydrogen-bond donors (Lipinski definition) is 0. The minimum absolute atomic E-state index is 0.331. The summed E-state index contributed by atoms with van der Waals surface area (Å²) < 4.78 is 20.9. The van der Waals surface area contributed by atoms with E-state index < -0.39 is 0 Å². The molecule has 0 amide bonds. The Morgan fingerprint density at radius 3 is 2.78 bits per heavy atom. The summed E-state index contributed by atoms with van der Waals surface area (Å²) >= 11 is 7.43. The van der Waals surface area contributed by atoms with Crippen LogP contribution in [0, 0.1) is 5.82 Å². The smallest absolute Gasteiger partial charge is 0.212 e. The highest BCUT2D eigenvalue weighted by molar-refractivity contribution is 7.98. The highest BCUT2D eigenvalue weighted by Gasteiger charge is 2.13. The predicted octanol–water partition coefficient (Wildman–Crippen LogP) is 4.88. The van der Waals surface area contributed by atoms with Gasteiger partial charge >= 0.3 is 0 Å². The maximum Gasteiger partial charge on any atom is 0.212 e. The topological polar surface area (TPSA) is 52.3 Å². The number of rotatable bonds is 5. The zero-order valence-electron chi connectivity index (χ0n) is 14.3. The Balaban J connectivity index is 1.66. The molecule has 0 saturated carbocycles. The molecule has 5 nitrogen and oxygen atoms in total. The Morgan fingerprint density at radius 1 is 1.11 bits per heavy atom. The van der Waals surface area contributed by atoms with Crippen LogP contribution in [0.2, 0.25) is 5.02 Å². The summed E-state index contributed by atoms with van der Waals surface area (Å²) in [5, 5.41) is 13.9. The van der Waals surface area contributed by atoms with Crippen molar-refractivity contribution in [2.75, 3.05) is 7.11 Å². The lowest BCUT2D eigenvalue weighted by atomic mass is 10.1. The fourth-order valence-corrected chi connectivity index (χ4v) is 3.83. The molecule has 0 N–H and O–H groups in total. The summed E-state index contributed by atoms with van der Waals surface area (Å²) in [5.74, 6) is 0.743. The van der Waals surface area contributed by atoms with Gasteiger partial charge in [-0.25, -0.2) is 4.39 Å². The monoisotopic (exact) mass is 400 g/mol. The highest BCUT2D eigenvalue weighted by atomic mass is 35.5. The minimum Gasteiger partial charge on any atom is -0.497 e. The summed E-state index contributed by atoms with van der Waals surface area (Å²) in [5.41, 5.74) is 2.72. The van der Waals surface area contributed by atoms with Crippen LogP contribution in [0.3, 0.4) is 0 Å². The molecule has 4 aromatic rings. The number of halogens is 2. The Hall–Kier alpha value is -2.64. The van der Waals surface area contributed by atoms with E-state index in [-0.39, 0.29) is 5.82 Å². The Labute approximate surface area is 164 Å². The van der Waals surface area contributed by atoms with Crippen molar-refractivity contribution in [1.29, 1.82) is 0 Å². The van der Waals surface area contributed by atoms with Gasteiger partial charge < -0.3 is 4.74 Å². The van der Waals surface area contributed by atoms with Gasteiger partial charge in [-0.1, -0.05) is 41.6 Å². The van der Waals surface area contributed by atoms with Crippen LogP contribution < -0.4 is 4.74 Å². The molecule has 2 aromatic carbocycles. The van der Waals surface area contributed by atoms with Crippen LogP contribution in [0.5, 0.6) is 5.75 Å². The summed E-state index contributed by atoms with van der Waals surface area (Å²) in [4.78, 5) is 0. The third-order valence-electron chi connectivity index (χ3n) is 4.01. The molecule has 27 heavy (non-hydrogen) atoms. The van der Waals surface area contributed by atoms with Crippen molar-refractivity contribution in [2.24, 2.45) is 0 Å². The maximum absolute atomic E-state index is 14.0. The number of nitrogens with zero attached hydrogens (tertiary/aromatic N) is 4. The first-order valence-electron chi connectivity index (χ1n) is 8.08. The molecule has 0 radical (unpaired) electrons. The molecule has 4 rings (SSSR count). The van der Waals surface area contributed by atoms with Gasteiger partial charge in [0.25, 0.3) is 0 Å². The fraction of sp³-hybridized carbons (Fsp3) is 0.105. The molecule has 0 spiro atoms. The quantitative estimate of drug-likeness (QED) is 0.447. The molecule has 0 aliphatic carbocycles. The molecule has 0 fully saturated rings. The second-order valence-electron chi connectivity index (χ2n) is 5.69. The molecule has 0 saturated heterocycles. The molecule has 0 bridgehead atoms. The molecule has 0 aliphatic rings. The molecular weight excluding hydrogens is 387 g/mol. The fourth-order valence-electron chi connectivity index (χ4n) is 2.60. The van der Waals surface area contributed by atoms with E-state index in [1.807, 2.05) is 36.4 Å². The molecule has 2 heterocycles. The van der Waals surface area contributed by atoms with Crippen molar-refractivity contribution in [3.63, 3.8) is 0 Å². The Bertz CT molecular complexity index is 1100. The summed E-state index contributed by atoms with van der Waals surface area (Å²) in [7, 11) is 1.62. The van der Waals surface area contributed by atoms with Gasteiger partial charge in [-0.15, -0.1) is 10.2 Å². The number of fused-ring (bicyclic) bond motifs is 1. The molecule has 8 heteroatoms. The third-order valence-corrected chi connectivity index (χ3v) is 5.31.